The molecule has 0 amide bonds. The number of alkyl halides is 1. The fourth-order valence-electron chi connectivity index (χ4n) is 1.84. The Hall–Kier alpha value is 0.250. The van der Waals surface area contributed by atoms with Crippen molar-refractivity contribution < 1.29 is 0 Å². The van der Waals surface area contributed by atoms with Crippen molar-refractivity contribution in [2.75, 3.05) is 12.4 Å². The molecule has 0 spiro atoms. The number of hydrogen-bond acceptors (Lipinski definition) is 1. The summed E-state index contributed by atoms with van der Waals surface area (Å²) in [4.78, 5) is 2.55. The van der Waals surface area contributed by atoms with Crippen LogP contribution in [0.1, 0.15) is 33.1 Å². The summed E-state index contributed by atoms with van der Waals surface area (Å²) in [7, 11) is 0. The molecule has 11 heavy (non-hydrogen) atoms. The molecule has 1 aliphatic heterocycles. The van der Waals surface area contributed by atoms with Crippen LogP contribution in [0.5, 0.6) is 0 Å². The number of nitrogens with zero attached hydrogens (tertiary/aromatic N) is 1. The van der Waals surface area contributed by atoms with E-state index in [1.807, 2.05) is 0 Å². The van der Waals surface area contributed by atoms with E-state index in [1.165, 1.54) is 25.8 Å². The Labute approximate surface area is 74.7 Å². The second-order valence-electron chi connectivity index (χ2n) is 3.45. The second kappa shape index (κ2) is 4.32. The lowest BCUT2D eigenvalue weighted by Gasteiger charge is -2.28. The maximum atomic E-state index is 5.86. The van der Waals surface area contributed by atoms with Gasteiger partial charge in [0.05, 0.1) is 0 Å². The molecule has 0 saturated carbocycles. The third kappa shape index (κ3) is 2.09. The highest BCUT2D eigenvalue weighted by atomic mass is 35.5. The first kappa shape index (κ1) is 9.34. The molecule has 0 bridgehead atoms. The van der Waals surface area contributed by atoms with Gasteiger partial charge in [-0.3, -0.25) is 4.90 Å². The van der Waals surface area contributed by atoms with Gasteiger partial charge in [-0.15, -0.1) is 11.6 Å². The van der Waals surface area contributed by atoms with Crippen molar-refractivity contribution in [3.05, 3.63) is 0 Å². The summed E-state index contributed by atoms with van der Waals surface area (Å²) in [5, 5.41) is 0. The molecule has 0 aromatic rings. The molecule has 2 unspecified atom stereocenters. The van der Waals surface area contributed by atoms with Gasteiger partial charge >= 0.3 is 0 Å². The molecular weight excluding hydrogens is 158 g/mol. The molecule has 2 heteroatoms. The predicted molar refractivity (Wildman–Crippen MR) is 50.2 cm³/mol. The molecule has 1 aliphatic rings. The zero-order chi connectivity index (χ0) is 8.27. The minimum atomic E-state index is 0.659. The minimum absolute atomic E-state index is 0.659. The van der Waals surface area contributed by atoms with E-state index in [1.54, 1.807) is 0 Å². The molecule has 1 fully saturated rings. The van der Waals surface area contributed by atoms with Crippen LogP contribution in [-0.2, 0) is 0 Å². The first-order valence-electron chi connectivity index (χ1n) is 4.61. The minimum Gasteiger partial charge on any atom is -0.297 e. The highest BCUT2D eigenvalue weighted by Crippen LogP contribution is 2.21. The van der Waals surface area contributed by atoms with E-state index in [2.05, 4.69) is 18.7 Å². The van der Waals surface area contributed by atoms with Crippen LogP contribution in [0.3, 0.4) is 0 Å². The lowest BCUT2D eigenvalue weighted by Crippen LogP contribution is -2.37. The zero-order valence-electron chi connectivity index (χ0n) is 7.52. The van der Waals surface area contributed by atoms with E-state index in [9.17, 15) is 0 Å². The van der Waals surface area contributed by atoms with Crippen LogP contribution >= 0.6 is 11.6 Å². The summed E-state index contributed by atoms with van der Waals surface area (Å²) >= 11 is 5.86. The Kier molecular flexibility index (Phi) is 3.67. The van der Waals surface area contributed by atoms with E-state index in [4.69, 9.17) is 11.6 Å². The fraction of sp³-hybridized carbons (Fsp3) is 1.00. The Morgan fingerprint density at radius 2 is 2.36 bits per heavy atom. The van der Waals surface area contributed by atoms with Crippen LogP contribution in [-0.4, -0.2) is 29.4 Å². The van der Waals surface area contributed by atoms with Crippen LogP contribution in [0.4, 0.5) is 0 Å². The quantitative estimate of drug-likeness (QED) is 0.596. The maximum absolute atomic E-state index is 5.86. The molecule has 0 aromatic carbocycles. The maximum Gasteiger partial charge on any atom is 0.0379 e. The van der Waals surface area contributed by atoms with Gasteiger partial charge in [-0.05, 0) is 32.7 Å². The molecule has 1 rings (SSSR count). The van der Waals surface area contributed by atoms with E-state index in [-0.39, 0.29) is 0 Å². The molecule has 0 aromatic heterocycles. The lowest BCUT2D eigenvalue weighted by atomic mass is 10.2. The Balaban J connectivity index is 2.42. The van der Waals surface area contributed by atoms with Crippen molar-refractivity contribution in [3.63, 3.8) is 0 Å². The second-order valence-corrected chi connectivity index (χ2v) is 3.75. The van der Waals surface area contributed by atoms with Gasteiger partial charge in [0.25, 0.3) is 0 Å². The summed E-state index contributed by atoms with van der Waals surface area (Å²) in [6.45, 7) is 5.80. The average Bonchev–Trinajstić information content (AvgIpc) is 2.50. The zero-order valence-corrected chi connectivity index (χ0v) is 8.27. The van der Waals surface area contributed by atoms with Gasteiger partial charge in [0, 0.05) is 18.0 Å². The standard InChI is InChI=1S/C9H18ClN/c1-3-8(2)11-6-4-5-9(11)7-10/h8-9H,3-7H2,1-2H3. The predicted octanol–water partition coefficient (Wildman–Crippen LogP) is 2.49. The highest BCUT2D eigenvalue weighted by molar-refractivity contribution is 6.18. The molecule has 2 atom stereocenters. The van der Waals surface area contributed by atoms with Crippen LogP contribution in [0, 0.1) is 0 Å². The van der Waals surface area contributed by atoms with Crippen LogP contribution < -0.4 is 0 Å². The molecule has 1 heterocycles. The SMILES string of the molecule is CCC(C)N1CCCC1CCl. The fourth-order valence-corrected chi connectivity index (χ4v) is 2.17. The normalized spacial score (nSPS) is 29.2. The number of likely N-dealkylation sites (tertiary alicyclic amines) is 1. The average molecular weight is 176 g/mol. The van der Waals surface area contributed by atoms with Crippen LogP contribution in [0.2, 0.25) is 0 Å². The third-order valence-corrected chi connectivity index (χ3v) is 3.11. The van der Waals surface area contributed by atoms with Crippen LogP contribution in [0.15, 0.2) is 0 Å². The van der Waals surface area contributed by atoms with Gasteiger partial charge in [0.2, 0.25) is 0 Å². The number of rotatable bonds is 3. The third-order valence-electron chi connectivity index (χ3n) is 2.76. The van der Waals surface area contributed by atoms with Crippen molar-refractivity contribution >= 4 is 11.6 Å². The van der Waals surface area contributed by atoms with Crippen molar-refractivity contribution in [2.45, 2.75) is 45.2 Å². The monoisotopic (exact) mass is 175 g/mol. The summed E-state index contributed by atoms with van der Waals surface area (Å²) < 4.78 is 0. The van der Waals surface area contributed by atoms with E-state index in [0.29, 0.717) is 6.04 Å². The molecule has 1 saturated heterocycles. The summed E-state index contributed by atoms with van der Waals surface area (Å²) in [5.74, 6) is 0.810. The summed E-state index contributed by atoms with van der Waals surface area (Å²) in [6, 6.07) is 1.38. The van der Waals surface area contributed by atoms with Crippen LogP contribution in [0.25, 0.3) is 0 Å². The summed E-state index contributed by atoms with van der Waals surface area (Å²) in [6.07, 6.45) is 3.88. The van der Waals surface area contributed by atoms with Crippen molar-refractivity contribution in [3.8, 4) is 0 Å². The number of hydrogen-bond donors (Lipinski definition) is 0. The van der Waals surface area contributed by atoms with E-state index >= 15 is 0 Å². The molecule has 0 aliphatic carbocycles. The van der Waals surface area contributed by atoms with Gasteiger partial charge in [-0.2, -0.15) is 0 Å². The van der Waals surface area contributed by atoms with Gasteiger partial charge in [-0.25, -0.2) is 0 Å². The molecule has 66 valence electrons. The number of halogens is 1. The lowest BCUT2D eigenvalue weighted by molar-refractivity contribution is 0.200. The topological polar surface area (TPSA) is 3.24 Å². The van der Waals surface area contributed by atoms with Crippen molar-refractivity contribution in [1.82, 2.24) is 4.90 Å². The van der Waals surface area contributed by atoms with E-state index in [0.717, 1.165) is 11.9 Å². The van der Waals surface area contributed by atoms with Gasteiger partial charge < -0.3 is 0 Å². The first-order chi connectivity index (χ1) is 5.29. The molecule has 0 N–H and O–H groups in total. The molecule has 1 nitrogen and oxygen atoms in total. The smallest absolute Gasteiger partial charge is 0.0379 e. The summed E-state index contributed by atoms with van der Waals surface area (Å²) in [5.41, 5.74) is 0. The molecular formula is C9H18ClN. The van der Waals surface area contributed by atoms with E-state index < -0.39 is 0 Å². The first-order valence-corrected chi connectivity index (χ1v) is 5.14. The van der Waals surface area contributed by atoms with Gasteiger partial charge in [0.15, 0.2) is 0 Å². The Morgan fingerprint density at radius 1 is 1.64 bits per heavy atom. The van der Waals surface area contributed by atoms with Crippen molar-refractivity contribution in [2.24, 2.45) is 0 Å². The van der Waals surface area contributed by atoms with Gasteiger partial charge in [0.1, 0.15) is 0 Å². The largest absolute Gasteiger partial charge is 0.297 e. The highest BCUT2D eigenvalue weighted by Gasteiger charge is 2.26. The van der Waals surface area contributed by atoms with Gasteiger partial charge in [-0.1, -0.05) is 6.92 Å². The Morgan fingerprint density at radius 3 is 2.91 bits per heavy atom. The molecule has 0 radical (unpaired) electrons. The Bertz CT molecular complexity index is 116. The van der Waals surface area contributed by atoms with Crippen molar-refractivity contribution in [1.29, 1.82) is 0 Å².